The van der Waals surface area contributed by atoms with Gasteiger partial charge in [0.1, 0.15) is 6.04 Å². The van der Waals surface area contributed by atoms with E-state index in [1.54, 1.807) is 6.20 Å². The van der Waals surface area contributed by atoms with Gasteiger partial charge in [0, 0.05) is 19.0 Å². The van der Waals surface area contributed by atoms with E-state index in [2.05, 4.69) is 4.98 Å². The van der Waals surface area contributed by atoms with E-state index >= 15 is 0 Å². The molecule has 0 aliphatic carbocycles. The van der Waals surface area contributed by atoms with E-state index in [4.69, 9.17) is 0 Å². The second kappa shape index (κ2) is 3.67. The Bertz CT molecular complexity index is 301. The molecule has 0 aromatic carbocycles. The number of aromatic nitrogens is 1. The quantitative estimate of drug-likeness (QED) is 0.532. The van der Waals surface area contributed by atoms with Crippen LogP contribution in [0.25, 0.3) is 0 Å². The molecule has 1 aliphatic heterocycles. The first kappa shape index (κ1) is 9.62. The van der Waals surface area contributed by atoms with Gasteiger partial charge in [-0.3, -0.25) is 4.98 Å². The van der Waals surface area contributed by atoms with Gasteiger partial charge in [-0.25, -0.2) is 0 Å². The number of nitrogens with zero attached hydrogens (tertiary/aromatic N) is 2. The van der Waals surface area contributed by atoms with Crippen molar-refractivity contribution >= 4 is 0 Å². The van der Waals surface area contributed by atoms with Crippen molar-refractivity contribution in [2.24, 2.45) is 0 Å². The van der Waals surface area contributed by atoms with Crippen LogP contribution in [0.4, 0.5) is 0 Å². The van der Waals surface area contributed by atoms with E-state index in [9.17, 15) is 5.21 Å². The summed E-state index contributed by atoms with van der Waals surface area (Å²) in [5, 5.41) is 12.3. The molecule has 0 bridgehead atoms. The van der Waals surface area contributed by atoms with Crippen molar-refractivity contribution in [1.29, 1.82) is 0 Å². The highest BCUT2D eigenvalue weighted by Crippen LogP contribution is 2.36. The SMILES string of the molecule is CC[N+]1([O-])CCCC1c1ccccn1. The Labute approximate surface area is 84.6 Å². The summed E-state index contributed by atoms with van der Waals surface area (Å²) in [5.74, 6) is 0. The highest BCUT2D eigenvalue weighted by atomic mass is 16.5. The molecule has 0 saturated carbocycles. The predicted molar refractivity (Wildman–Crippen MR) is 55.2 cm³/mol. The maximum absolute atomic E-state index is 12.3. The zero-order valence-corrected chi connectivity index (χ0v) is 8.52. The first-order valence-electron chi connectivity index (χ1n) is 5.25. The van der Waals surface area contributed by atoms with Crippen LogP contribution >= 0.6 is 0 Å². The summed E-state index contributed by atoms with van der Waals surface area (Å²) >= 11 is 0. The van der Waals surface area contributed by atoms with Crippen molar-refractivity contribution in [3.8, 4) is 0 Å². The van der Waals surface area contributed by atoms with Gasteiger partial charge in [-0.05, 0) is 19.1 Å². The van der Waals surface area contributed by atoms with Crippen LogP contribution in [-0.4, -0.2) is 22.7 Å². The number of likely N-dealkylation sites (tertiary alicyclic amines) is 1. The number of pyridine rings is 1. The number of hydrogen-bond acceptors (Lipinski definition) is 2. The standard InChI is InChI=1S/C11H16N2O/c1-2-13(14)9-5-7-11(13)10-6-3-4-8-12-10/h3-4,6,8,11H,2,5,7,9H2,1H3. The molecule has 3 heteroatoms. The fourth-order valence-electron chi connectivity index (χ4n) is 2.28. The smallest absolute Gasteiger partial charge is 0.132 e. The van der Waals surface area contributed by atoms with Crippen LogP contribution in [-0.2, 0) is 0 Å². The second-order valence-corrected chi connectivity index (χ2v) is 3.90. The highest BCUT2D eigenvalue weighted by molar-refractivity contribution is 5.07. The van der Waals surface area contributed by atoms with Crippen molar-refractivity contribution in [2.45, 2.75) is 25.8 Å². The van der Waals surface area contributed by atoms with Crippen molar-refractivity contribution in [2.75, 3.05) is 13.1 Å². The van der Waals surface area contributed by atoms with Crippen LogP contribution < -0.4 is 0 Å². The lowest BCUT2D eigenvalue weighted by atomic mass is 10.1. The first-order valence-corrected chi connectivity index (χ1v) is 5.25. The monoisotopic (exact) mass is 192 g/mol. The molecule has 2 unspecified atom stereocenters. The van der Waals surface area contributed by atoms with Crippen LogP contribution in [0.5, 0.6) is 0 Å². The molecule has 0 amide bonds. The number of rotatable bonds is 2. The molecular weight excluding hydrogens is 176 g/mol. The third-order valence-corrected chi connectivity index (χ3v) is 3.15. The summed E-state index contributed by atoms with van der Waals surface area (Å²) in [4.78, 5) is 4.29. The van der Waals surface area contributed by atoms with E-state index in [1.165, 1.54) is 0 Å². The van der Waals surface area contributed by atoms with E-state index in [-0.39, 0.29) is 10.7 Å². The molecule has 0 N–H and O–H groups in total. The highest BCUT2D eigenvalue weighted by Gasteiger charge is 2.35. The zero-order chi connectivity index (χ0) is 10.0. The summed E-state index contributed by atoms with van der Waals surface area (Å²) in [5.41, 5.74) is 0.960. The Balaban J connectivity index is 2.26. The van der Waals surface area contributed by atoms with Crippen LogP contribution in [0.2, 0.25) is 0 Å². The Morgan fingerprint density at radius 3 is 3.07 bits per heavy atom. The van der Waals surface area contributed by atoms with Crippen molar-refractivity contribution in [3.63, 3.8) is 0 Å². The minimum Gasteiger partial charge on any atom is -0.632 e. The fraction of sp³-hybridized carbons (Fsp3) is 0.545. The largest absolute Gasteiger partial charge is 0.632 e. The average molecular weight is 192 g/mol. The van der Waals surface area contributed by atoms with Gasteiger partial charge < -0.3 is 9.85 Å². The molecule has 0 spiro atoms. The molecule has 1 aliphatic rings. The van der Waals surface area contributed by atoms with Gasteiger partial charge in [-0.1, -0.05) is 6.07 Å². The Hall–Kier alpha value is -0.930. The van der Waals surface area contributed by atoms with Gasteiger partial charge in [0.25, 0.3) is 0 Å². The van der Waals surface area contributed by atoms with Crippen molar-refractivity contribution in [1.82, 2.24) is 4.98 Å². The Kier molecular flexibility index (Phi) is 2.52. The molecule has 2 rings (SSSR count). The van der Waals surface area contributed by atoms with Gasteiger partial charge in [0.05, 0.1) is 18.8 Å². The topological polar surface area (TPSA) is 36.0 Å². The van der Waals surface area contributed by atoms with Gasteiger partial charge in [0.2, 0.25) is 0 Å². The van der Waals surface area contributed by atoms with Crippen LogP contribution in [0, 0.1) is 5.21 Å². The normalized spacial score (nSPS) is 32.0. The Morgan fingerprint density at radius 1 is 1.57 bits per heavy atom. The molecule has 3 nitrogen and oxygen atoms in total. The van der Waals surface area contributed by atoms with Gasteiger partial charge >= 0.3 is 0 Å². The van der Waals surface area contributed by atoms with Crippen LogP contribution in [0.15, 0.2) is 24.4 Å². The predicted octanol–water partition coefficient (Wildman–Crippen LogP) is 2.25. The van der Waals surface area contributed by atoms with E-state index < -0.39 is 0 Å². The molecule has 1 saturated heterocycles. The molecule has 1 fully saturated rings. The van der Waals surface area contributed by atoms with E-state index in [0.717, 1.165) is 25.1 Å². The molecule has 2 heterocycles. The van der Waals surface area contributed by atoms with Crippen molar-refractivity contribution < 1.29 is 4.65 Å². The summed E-state index contributed by atoms with van der Waals surface area (Å²) in [6.45, 7) is 3.37. The molecule has 1 aromatic heterocycles. The van der Waals surface area contributed by atoms with E-state index in [0.29, 0.717) is 6.54 Å². The second-order valence-electron chi connectivity index (χ2n) is 3.90. The maximum Gasteiger partial charge on any atom is 0.132 e. The van der Waals surface area contributed by atoms with Crippen molar-refractivity contribution in [3.05, 3.63) is 35.3 Å². The van der Waals surface area contributed by atoms with Gasteiger partial charge in [0.15, 0.2) is 0 Å². The summed E-state index contributed by atoms with van der Waals surface area (Å²) in [7, 11) is 0. The van der Waals surface area contributed by atoms with Gasteiger partial charge in [-0.15, -0.1) is 0 Å². The zero-order valence-electron chi connectivity index (χ0n) is 8.52. The molecule has 2 atom stereocenters. The lowest BCUT2D eigenvalue weighted by Crippen LogP contribution is -2.41. The molecule has 14 heavy (non-hydrogen) atoms. The number of hydrogen-bond donors (Lipinski definition) is 0. The molecule has 1 aromatic rings. The Morgan fingerprint density at radius 2 is 2.43 bits per heavy atom. The van der Waals surface area contributed by atoms with E-state index in [1.807, 2.05) is 25.1 Å². The summed E-state index contributed by atoms with van der Waals surface area (Å²) < 4.78 is -0.0863. The average Bonchev–Trinajstić information content (AvgIpc) is 2.63. The third kappa shape index (κ3) is 1.53. The molecular formula is C11H16N2O. The lowest BCUT2D eigenvalue weighted by molar-refractivity contribution is -0.897. The number of quaternary nitrogens is 1. The third-order valence-electron chi connectivity index (χ3n) is 3.15. The maximum atomic E-state index is 12.3. The van der Waals surface area contributed by atoms with Crippen LogP contribution in [0.3, 0.4) is 0 Å². The summed E-state index contributed by atoms with van der Waals surface area (Å²) in [6.07, 6.45) is 3.78. The first-order chi connectivity index (χ1) is 6.76. The summed E-state index contributed by atoms with van der Waals surface area (Å²) in [6, 6.07) is 5.89. The number of hydroxylamine groups is 3. The molecule has 0 radical (unpaired) electrons. The van der Waals surface area contributed by atoms with Gasteiger partial charge in [-0.2, -0.15) is 0 Å². The van der Waals surface area contributed by atoms with Crippen LogP contribution in [0.1, 0.15) is 31.5 Å². The molecule has 76 valence electrons. The minimum absolute atomic E-state index is 0.0706. The minimum atomic E-state index is -0.0863. The fourth-order valence-corrected chi connectivity index (χ4v) is 2.28. The lowest BCUT2D eigenvalue weighted by Gasteiger charge is -2.43.